The van der Waals surface area contributed by atoms with Gasteiger partial charge in [0.25, 0.3) is 0 Å². The second-order valence-electron chi connectivity index (χ2n) is 5.79. The lowest BCUT2D eigenvalue weighted by atomic mass is 9.81. The van der Waals surface area contributed by atoms with Crippen LogP contribution < -0.4 is 0 Å². The highest BCUT2D eigenvalue weighted by Crippen LogP contribution is 2.42. The van der Waals surface area contributed by atoms with E-state index in [1.165, 1.54) is 0 Å². The average Bonchev–Trinajstić information content (AvgIpc) is 2.99. The van der Waals surface area contributed by atoms with Crippen LogP contribution in [0.4, 0.5) is 0 Å². The highest BCUT2D eigenvalue weighted by atomic mass is 16.4. The largest absolute Gasteiger partial charge is 0.481 e. The number of likely N-dealkylation sites (tertiary alicyclic amines) is 2. The van der Waals surface area contributed by atoms with Gasteiger partial charge in [-0.3, -0.25) is 9.69 Å². The Morgan fingerprint density at radius 3 is 2.68 bits per heavy atom. The number of hydrogen-bond donors (Lipinski definition) is 1. The second kappa shape index (κ2) is 4.57. The van der Waals surface area contributed by atoms with Gasteiger partial charge in [-0.2, -0.15) is 0 Å². The molecule has 0 spiro atoms. The SMILES string of the molecule is CN1C[C@@H]2CN(CCn3cnnc3)C[C@]2(C(=O)O)C1. The molecule has 1 N–H and O–H groups in total. The molecule has 7 nitrogen and oxygen atoms in total. The molecule has 3 rings (SSSR count). The van der Waals surface area contributed by atoms with Crippen molar-refractivity contribution in [3.63, 3.8) is 0 Å². The summed E-state index contributed by atoms with van der Waals surface area (Å²) < 4.78 is 1.92. The number of aliphatic carboxylic acids is 1. The van der Waals surface area contributed by atoms with Gasteiger partial charge in [0.15, 0.2) is 0 Å². The Bertz CT molecular complexity index is 463. The number of carboxylic acids is 1. The van der Waals surface area contributed by atoms with E-state index >= 15 is 0 Å². The van der Waals surface area contributed by atoms with Gasteiger partial charge in [-0.15, -0.1) is 10.2 Å². The molecule has 104 valence electrons. The number of aromatic nitrogens is 3. The first-order valence-corrected chi connectivity index (χ1v) is 6.57. The van der Waals surface area contributed by atoms with Crippen molar-refractivity contribution >= 4 is 5.97 Å². The Hall–Kier alpha value is -1.47. The van der Waals surface area contributed by atoms with Gasteiger partial charge in [-0.1, -0.05) is 0 Å². The molecule has 0 bridgehead atoms. The van der Waals surface area contributed by atoms with Crippen molar-refractivity contribution in [3.05, 3.63) is 12.7 Å². The number of carbonyl (C=O) groups is 1. The van der Waals surface area contributed by atoms with E-state index in [9.17, 15) is 9.90 Å². The quantitative estimate of drug-likeness (QED) is 0.770. The van der Waals surface area contributed by atoms with Crippen LogP contribution in [-0.4, -0.2) is 75.4 Å². The van der Waals surface area contributed by atoms with E-state index in [0.29, 0.717) is 13.1 Å². The van der Waals surface area contributed by atoms with Crippen molar-refractivity contribution in [1.29, 1.82) is 0 Å². The molecule has 2 aliphatic rings. The molecule has 0 aromatic carbocycles. The van der Waals surface area contributed by atoms with Crippen LogP contribution in [0.25, 0.3) is 0 Å². The molecule has 2 aliphatic heterocycles. The smallest absolute Gasteiger partial charge is 0.312 e. The van der Waals surface area contributed by atoms with E-state index < -0.39 is 11.4 Å². The van der Waals surface area contributed by atoms with Crippen LogP contribution in [0.3, 0.4) is 0 Å². The molecule has 0 radical (unpaired) electrons. The fourth-order valence-electron chi connectivity index (χ4n) is 3.49. The second-order valence-corrected chi connectivity index (χ2v) is 5.79. The van der Waals surface area contributed by atoms with Crippen molar-refractivity contribution in [3.8, 4) is 0 Å². The Kier molecular flexibility index (Phi) is 3.02. The van der Waals surface area contributed by atoms with E-state index in [2.05, 4.69) is 20.0 Å². The van der Waals surface area contributed by atoms with Crippen molar-refractivity contribution in [2.45, 2.75) is 6.54 Å². The summed E-state index contributed by atoms with van der Waals surface area (Å²) in [5, 5.41) is 17.1. The normalized spacial score (nSPS) is 31.7. The molecule has 1 aromatic heterocycles. The number of rotatable bonds is 4. The van der Waals surface area contributed by atoms with Crippen LogP contribution in [-0.2, 0) is 11.3 Å². The van der Waals surface area contributed by atoms with Crippen LogP contribution in [0.1, 0.15) is 0 Å². The lowest BCUT2D eigenvalue weighted by Gasteiger charge is -2.24. The Labute approximate surface area is 111 Å². The zero-order valence-corrected chi connectivity index (χ0v) is 11.1. The fraction of sp³-hybridized carbons (Fsp3) is 0.750. The third-order valence-corrected chi connectivity index (χ3v) is 4.42. The molecule has 2 fully saturated rings. The standard InChI is InChI=1S/C12H19N5O2/c1-15-4-10-5-16(2-3-17-8-13-14-9-17)7-12(10,6-15)11(18)19/h8-10H,2-7H2,1H3,(H,18,19)/t10-,12-/m1/s1. The molecule has 3 heterocycles. The molecule has 19 heavy (non-hydrogen) atoms. The molecule has 2 saturated heterocycles. The third kappa shape index (κ3) is 2.12. The summed E-state index contributed by atoms with van der Waals surface area (Å²) in [6, 6.07) is 0. The minimum absolute atomic E-state index is 0.246. The van der Waals surface area contributed by atoms with Gasteiger partial charge >= 0.3 is 5.97 Å². The van der Waals surface area contributed by atoms with Gasteiger partial charge < -0.3 is 14.6 Å². The summed E-state index contributed by atoms with van der Waals surface area (Å²) in [5.41, 5.74) is -0.568. The van der Waals surface area contributed by atoms with E-state index in [0.717, 1.165) is 26.2 Å². The van der Waals surface area contributed by atoms with E-state index in [1.54, 1.807) is 12.7 Å². The molecular weight excluding hydrogens is 246 g/mol. The first-order chi connectivity index (χ1) is 9.10. The Morgan fingerprint density at radius 1 is 1.32 bits per heavy atom. The van der Waals surface area contributed by atoms with Crippen LogP contribution in [0.5, 0.6) is 0 Å². The van der Waals surface area contributed by atoms with E-state index in [-0.39, 0.29) is 5.92 Å². The summed E-state index contributed by atoms with van der Waals surface area (Å²) in [5.74, 6) is -0.399. The van der Waals surface area contributed by atoms with Crippen molar-refractivity contribution in [2.75, 3.05) is 39.8 Å². The highest BCUT2D eigenvalue weighted by molar-refractivity contribution is 5.77. The predicted molar refractivity (Wildman–Crippen MR) is 67.5 cm³/mol. The van der Waals surface area contributed by atoms with Crippen molar-refractivity contribution in [2.24, 2.45) is 11.3 Å². The van der Waals surface area contributed by atoms with Crippen LogP contribution in [0, 0.1) is 11.3 Å². The summed E-state index contributed by atoms with van der Waals surface area (Å²) in [7, 11) is 2.00. The maximum absolute atomic E-state index is 11.7. The van der Waals surface area contributed by atoms with Gasteiger partial charge in [0.2, 0.25) is 0 Å². The van der Waals surface area contributed by atoms with E-state index in [4.69, 9.17) is 0 Å². The topological polar surface area (TPSA) is 74.5 Å². The van der Waals surface area contributed by atoms with Gasteiger partial charge in [0.1, 0.15) is 12.7 Å². The van der Waals surface area contributed by atoms with Crippen molar-refractivity contribution in [1.82, 2.24) is 24.6 Å². The fourth-order valence-corrected chi connectivity index (χ4v) is 3.49. The Morgan fingerprint density at radius 2 is 2.05 bits per heavy atom. The minimum atomic E-state index is -0.645. The number of fused-ring (bicyclic) bond motifs is 1. The molecule has 0 saturated carbocycles. The monoisotopic (exact) mass is 265 g/mol. The Balaban J connectivity index is 1.64. The van der Waals surface area contributed by atoms with Crippen LogP contribution in [0.2, 0.25) is 0 Å². The van der Waals surface area contributed by atoms with Crippen molar-refractivity contribution < 1.29 is 9.90 Å². The summed E-state index contributed by atoms with van der Waals surface area (Å²) in [6.45, 7) is 4.74. The maximum atomic E-state index is 11.7. The molecule has 2 atom stereocenters. The zero-order chi connectivity index (χ0) is 13.5. The zero-order valence-electron chi connectivity index (χ0n) is 11.1. The summed E-state index contributed by atoms with van der Waals surface area (Å²) >= 11 is 0. The lowest BCUT2D eigenvalue weighted by Crippen LogP contribution is -2.40. The molecule has 1 aromatic rings. The maximum Gasteiger partial charge on any atom is 0.312 e. The lowest BCUT2D eigenvalue weighted by molar-refractivity contribution is -0.148. The highest BCUT2D eigenvalue weighted by Gasteiger charge is 2.56. The van der Waals surface area contributed by atoms with Gasteiger partial charge in [0.05, 0.1) is 5.41 Å². The van der Waals surface area contributed by atoms with Crippen LogP contribution in [0.15, 0.2) is 12.7 Å². The molecule has 0 aliphatic carbocycles. The van der Waals surface area contributed by atoms with Gasteiger partial charge in [0, 0.05) is 45.2 Å². The molecule has 0 amide bonds. The van der Waals surface area contributed by atoms with Gasteiger partial charge in [-0.05, 0) is 7.05 Å². The number of carboxylic acid groups (broad SMARTS) is 1. The van der Waals surface area contributed by atoms with E-state index in [1.807, 2.05) is 11.6 Å². The minimum Gasteiger partial charge on any atom is -0.481 e. The summed E-state index contributed by atoms with van der Waals surface area (Å²) in [6.07, 6.45) is 3.38. The number of hydrogen-bond acceptors (Lipinski definition) is 5. The number of nitrogens with zero attached hydrogens (tertiary/aromatic N) is 5. The van der Waals surface area contributed by atoms with Gasteiger partial charge in [-0.25, -0.2) is 0 Å². The average molecular weight is 265 g/mol. The first-order valence-electron chi connectivity index (χ1n) is 6.57. The predicted octanol–water partition coefficient (Wildman–Crippen LogP) is -0.774. The first kappa shape index (κ1) is 12.6. The molecule has 7 heteroatoms. The molecule has 0 unspecified atom stereocenters. The van der Waals surface area contributed by atoms with Crippen LogP contribution >= 0.6 is 0 Å². The third-order valence-electron chi connectivity index (χ3n) is 4.42. The summed E-state index contributed by atoms with van der Waals surface area (Å²) in [4.78, 5) is 16.0. The molecular formula is C12H19N5O2.